The highest BCUT2D eigenvalue weighted by atomic mass is 16.6. The minimum atomic E-state index is -0.474. The lowest BCUT2D eigenvalue weighted by atomic mass is 10.2. The predicted molar refractivity (Wildman–Crippen MR) is 71.3 cm³/mol. The summed E-state index contributed by atoms with van der Waals surface area (Å²) in [5, 5.41) is 11.4. The van der Waals surface area contributed by atoms with Gasteiger partial charge < -0.3 is 4.57 Å². The van der Waals surface area contributed by atoms with Gasteiger partial charge in [0.1, 0.15) is 5.82 Å². The molecule has 2 amide bonds. The average molecular weight is 273 g/mol. The van der Waals surface area contributed by atoms with Crippen molar-refractivity contribution < 1.29 is 14.5 Å². The Bertz CT molecular complexity index is 746. The number of carbonyl (C=O) groups is 2. The van der Waals surface area contributed by atoms with Crippen LogP contribution in [0.4, 0.5) is 11.5 Å². The molecule has 1 saturated heterocycles. The molecule has 7 nitrogen and oxygen atoms in total. The van der Waals surface area contributed by atoms with Crippen molar-refractivity contribution in [3.05, 3.63) is 34.4 Å². The molecule has 0 aliphatic carbocycles. The molecular formula is C13H11N3O4. The van der Waals surface area contributed by atoms with E-state index in [0.717, 1.165) is 10.4 Å². The third-order valence-corrected chi connectivity index (χ3v) is 3.49. The number of aryl methyl sites for hydroxylation is 1. The molecule has 0 spiro atoms. The highest BCUT2D eigenvalue weighted by Crippen LogP contribution is 2.31. The predicted octanol–water partition coefficient (Wildman–Crippen LogP) is 1.74. The Hall–Kier alpha value is -2.70. The largest absolute Gasteiger partial charge is 0.330 e. The number of hydrogen-bond donors (Lipinski definition) is 0. The number of rotatable bonds is 2. The molecule has 0 N–H and O–H groups in total. The van der Waals surface area contributed by atoms with E-state index >= 15 is 0 Å². The molecule has 2 heterocycles. The van der Waals surface area contributed by atoms with E-state index < -0.39 is 4.92 Å². The van der Waals surface area contributed by atoms with Gasteiger partial charge in [0.15, 0.2) is 0 Å². The molecule has 1 aromatic heterocycles. The second-order valence-corrected chi connectivity index (χ2v) is 4.68. The summed E-state index contributed by atoms with van der Waals surface area (Å²) in [5.41, 5.74) is 0.715. The number of aromatic nitrogens is 1. The first-order valence-corrected chi connectivity index (χ1v) is 6.08. The molecule has 1 aromatic carbocycles. The first kappa shape index (κ1) is 12.3. The Balaban J connectivity index is 2.17. The van der Waals surface area contributed by atoms with Crippen molar-refractivity contribution >= 4 is 34.2 Å². The Labute approximate surface area is 113 Å². The summed E-state index contributed by atoms with van der Waals surface area (Å²) in [6.45, 7) is 0. The molecule has 1 aliphatic rings. The molecule has 0 saturated carbocycles. The van der Waals surface area contributed by atoms with E-state index in [1.54, 1.807) is 23.7 Å². The summed E-state index contributed by atoms with van der Waals surface area (Å²) < 4.78 is 1.69. The molecule has 0 bridgehead atoms. The highest BCUT2D eigenvalue weighted by Gasteiger charge is 2.32. The molecule has 3 rings (SSSR count). The van der Waals surface area contributed by atoms with Crippen molar-refractivity contribution in [3.63, 3.8) is 0 Å². The summed E-state index contributed by atoms with van der Waals surface area (Å²) in [4.78, 5) is 35.0. The van der Waals surface area contributed by atoms with Gasteiger partial charge in [0, 0.05) is 42.9 Å². The van der Waals surface area contributed by atoms with Crippen molar-refractivity contribution in [1.82, 2.24) is 4.57 Å². The van der Waals surface area contributed by atoms with E-state index in [2.05, 4.69) is 0 Å². The van der Waals surface area contributed by atoms with Crippen LogP contribution in [0.3, 0.4) is 0 Å². The van der Waals surface area contributed by atoms with Gasteiger partial charge in [-0.05, 0) is 12.1 Å². The zero-order chi connectivity index (χ0) is 14.4. The lowest BCUT2D eigenvalue weighted by molar-refractivity contribution is -0.384. The van der Waals surface area contributed by atoms with Crippen LogP contribution in [0.5, 0.6) is 0 Å². The molecule has 0 atom stereocenters. The van der Waals surface area contributed by atoms with Gasteiger partial charge in [-0.15, -0.1) is 0 Å². The Morgan fingerprint density at radius 3 is 2.40 bits per heavy atom. The van der Waals surface area contributed by atoms with Crippen molar-refractivity contribution in [2.75, 3.05) is 4.90 Å². The number of nitro benzene ring substituents is 1. The van der Waals surface area contributed by atoms with E-state index in [9.17, 15) is 19.7 Å². The molecule has 20 heavy (non-hydrogen) atoms. The maximum atomic E-state index is 11.8. The van der Waals surface area contributed by atoms with Crippen LogP contribution < -0.4 is 4.90 Å². The van der Waals surface area contributed by atoms with Crippen molar-refractivity contribution in [1.29, 1.82) is 0 Å². The van der Waals surface area contributed by atoms with Gasteiger partial charge >= 0.3 is 0 Å². The van der Waals surface area contributed by atoms with E-state index in [1.165, 1.54) is 12.1 Å². The van der Waals surface area contributed by atoms with Crippen LogP contribution >= 0.6 is 0 Å². The molecule has 7 heteroatoms. The first-order valence-electron chi connectivity index (χ1n) is 6.08. The van der Waals surface area contributed by atoms with Gasteiger partial charge in [0.25, 0.3) is 5.69 Å². The summed E-state index contributed by atoms with van der Waals surface area (Å²) in [6, 6.07) is 6.08. The monoisotopic (exact) mass is 273 g/mol. The number of nitrogens with zero attached hydrogens (tertiary/aromatic N) is 3. The number of benzene rings is 1. The van der Waals surface area contributed by atoms with E-state index in [-0.39, 0.29) is 30.3 Å². The lowest BCUT2D eigenvalue weighted by Crippen LogP contribution is -2.30. The maximum Gasteiger partial charge on any atom is 0.270 e. The molecular weight excluding hydrogens is 262 g/mol. The van der Waals surface area contributed by atoms with Gasteiger partial charge in [-0.2, -0.15) is 0 Å². The SMILES string of the molecule is Cn1c(N2C(=O)CCC2=O)cc2cc([N+](=O)[O-])ccc21. The number of non-ortho nitro benzene ring substituents is 1. The van der Waals surface area contributed by atoms with Gasteiger partial charge in [0.2, 0.25) is 11.8 Å². The standard InChI is InChI=1S/C13H11N3O4/c1-14-10-3-2-9(16(19)20)6-8(10)7-11(14)15-12(17)4-5-13(15)18/h2-3,6-7H,4-5H2,1H3. The summed E-state index contributed by atoms with van der Waals surface area (Å²) in [6.07, 6.45) is 0.418. The smallest absolute Gasteiger partial charge is 0.270 e. The Morgan fingerprint density at radius 2 is 1.80 bits per heavy atom. The third-order valence-electron chi connectivity index (χ3n) is 3.49. The normalized spacial score (nSPS) is 15.3. The number of carbonyl (C=O) groups excluding carboxylic acids is 2. The van der Waals surface area contributed by atoms with Crippen LogP contribution in [0.15, 0.2) is 24.3 Å². The molecule has 0 unspecified atom stereocenters. The minimum Gasteiger partial charge on any atom is -0.330 e. The number of nitro groups is 1. The summed E-state index contributed by atoms with van der Waals surface area (Å²) in [7, 11) is 1.72. The van der Waals surface area contributed by atoms with Gasteiger partial charge in [-0.25, -0.2) is 4.90 Å². The van der Waals surface area contributed by atoms with Crippen LogP contribution in [0, 0.1) is 10.1 Å². The van der Waals surface area contributed by atoms with Crippen molar-refractivity contribution in [2.45, 2.75) is 12.8 Å². The van der Waals surface area contributed by atoms with Crippen LogP contribution in [-0.2, 0) is 16.6 Å². The second kappa shape index (κ2) is 4.16. The molecule has 2 aromatic rings. The van der Waals surface area contributed by atoms with E-state index in [4.69, 9.17) is 0 Å². The second-order valence-electron chi connectivity index (χ2n) is 4.68. The first-order chi connectivity index (χ1) is 9.49. The molecule has 1 fully saturated rings. The Morgan fingerprint density at radius 1 is 1.15 bits per heavy atom. The summed E-state index contributed by atoms with van der Waals surface area (Å²) >= 11 is 0. The highest BCUT2D eigenvalue weighted by molar-refractivity contribution is 6.20. The number of anilines is 1. The Kier molecular flexibility index (Phi) is 2.56. The van der Waals surface area contributed by atoms with Gasteiger partial charge in [-0.3, -0.25) is 19.7 Å². The zero-order valence-corrected chi connectivity index (χ0v) is 10.7. The quantitative estimate of drug-likeness (QED) is 0.474. The maximum absolute atomic E-state index is 11.8. The number of fused-ring (bicyclic) bond motifs is 1. The zero-order valence-electron chi connectivity index (χ0n) is 10.7. The average Bonchev–Trinajstić information content (AvgIpc) is 2.90. The van der Waals surface area contributed by atoms with Crippen LogP contribution in [-0.4, -0.2) is 21.3 Å². The molecule has 1 aliphatic heterocycles. The van der Waals surface area contributed by atoms with Gasteiger partial charge in [-0.1, -0.05) is 0 Å². The fourth-order valence-corrected chi connectivity index (χ4v) is 2.48. The molecule has 102 valence electrons. The number of imide groups is 1. The van der Waals surface area contributed by atoms with Gasteiger partial charge in [0.05, 0.1) is 4.92 Å². The number of amides is 2. The fraction of sp³-hybridized carbons (Fsp3) is 0.231. The van der Waals surface area contributed by atoms with Crippen molar-refractivity contribution in [3.8, 4) is 0 Å². The number of hydrogen-bond acceptors (Lipinski definition) is 4. The van der Waals surface area contributed by atoms with E-state index in [1.807, 2.05) is 0 Å². The van der Waals surface area contributed by atoms with Crippen LogP contribution in [0.25, 0.3) is 10.9 Å². The lowest BCUT2D eigenvalue weighted by Gasteiger charge is -2.14. The van der Waals surface area contributed by atoms with Crippen LogP contribution in [0.2, 0.25) is 0 Å². The fourth-order valence-electron chi connectivity index (χ4n) is 2.48. The third kappa shape index (κ3) is 1.67. The van der Waals surface area contributed by atoms with Crippen molar-refractivity contribution in [2.24, 2.45) is 7.05 Å². The van der Waals surface area contributed by atoms with Crippen LogP contribution in [0.1, 0.15) is 12.8 Å². The summed E-state index contributed by atoms with van der Waals surface area (Å²) in [5.74, 6) is -0.0289. The molecule has 0 radical (unpaired) electrons. The topological polar surface area (TPSA) is 85.5 Å². The van der Waals surface area contributed by atoms with E-state index in [0.29, 0.717) is 11.2 Å². The minimum absolute atomic E-state index is 0.0197.